The number of carbonyl (C=O) groups excluding carboxylic acids is 1. The molecule has 0 aromatic carbocycles. The fraction of sp³-hybridized carbons (Fsp3) is 0.429. The number of anilines is 1. The van der Waals surface area contributed by atoms with E-state index in [1.165, 1.54) is 0 Å². The molecule has 0 atom stereocenters. The lowest BCUT2D eigenvalue weighted by Crippen LogP contribution is -2.35. The molecule has 0 saturated carbocycles. The van der Waals surface area contributed by atoms with E-state index < -0.39 is 35.1 Å². The number of aryl methyl sites for hydroxylation is 1. The highest BCUT2D eigenvalue weighted by Crippen LogP contribution is 2.45. The summed E-state index contributed by atoms with van der Waals surface area (Å²) < 4.78 is 62.1. The number of rotatable bonds is 2. The van der Waals surface area contributed by atoms with Crippen LogP contribution in [0.25, 0.3) is 0 Å². The Labute approximate surface area is 90.6 Å². The average Bonchev–Trinajstić information content (AvgIpc) is 2.39. The molecule has 0 unspecified atom stereocenters. The van der Waals surface area contributed by atoms with Crippen LogP contribution < -0.4 is 10.8 Å². The number of nitrogens with two attached hydrogens (primary N) is 1. The maximum atomic E-state index is 12.9. The number of alkyl halides is 5. The number of aromatic nitrogens is 2. The zero-order chi connectivity index (χ0) is 13.6. The van der Waals surface area contributed by atoms with Crippen molar-refractivity contribution in [3.63, 3.8) is 0 Å². The van der Waals surface area contributed by atoms with Gasteiger partial charge in [-0.05, 0) is 0 Å². The van der Waals surface area contributed by atoms with Gasteiger partial charge in [0.25, 0.3) is 0 Å². The molecule has 1 aromatic heterocycles. The maximum Gasteiger partial charge on any atom is 0.459 e. The largest absolute Gasteiger partial charge is 0.543 e. The monoisotopic (exact) mass is 258 g/mol. The highest BCUT2D eigenvalue weighted by atomic mass is 19.4. The summed E-state index contributed by atoms with van der Waals surface area (Å²) in [7, 11) is 0.859. The number of hydrogen-bond donors (Lipinski definition) is 1. The van der Waals surface area contributed by atoms with Gasteiger partial charge in [0, 0.05) is 7.05 Å². The number of hydrogen-bond acceptors (Lipinski definition) is 4. The van der Waals surface area contributed by atoms with Crippen LogP contribution in [0, 0.1) is 0 Å². The lowest BCUT2D eigenvalue weighted by molar-refractivity contribution is -0.290. The van der Waals surface area contributed by atoms with Gasteiger partial charge in [0.15, 0.2) is 5.69 Å². The van der Waals surface area contributed by atoms with Crippen molar-refractivity contribution in [2.24, 2.45) is 7.05 Å². The first-order valence-corrected chi connectivity index (χ1v) is 3.99. The first kappa shape index (κ1) is 13.2. The summed E-state index contributed by atoms with van der Waals surface area (Å²) in [6, 6.07) is 0. The van der Waals surface area contributed by atoms with Gasteiger partial charge in [-0.3, -0.25) is 4.68 Å². The molecule has 0 radical (unpaired) electrons. The normalized spacial score (nSPS) is 12.8. The van der Waals surface area contributed by atoms with E-state index in [1.54, 1.807) is 0 Å². The molecular formula is C7H5F5N3O2-. The standard InChI is InChI=1S/C7H6F5N3O2/c1-15-3(5(16)17)2(13)4(14-15)6(8,9)7(10,11)12/h13H2,1H3,(H,16,17)/p-1. The SMILES string of the molecule is Cn1nc(C(F)(F)C(F)(F)F)c(N)c1C(=O)[O-]. The summed E-state index contributed by atoms with van der Waals surface area (Å²) in [5.74, 6) is -7.33. The van der Waals surface area contributed by atoms with E-state index in [0.717, 1.165) is 7.05 Å². The molecule has 0 aliphatic rings. The third-order valence-corrected chi connectivity index (χ3v) is 1.93. The molecule has 96 valence electrons. The second-order valence-electron chi connectivity index (χ2n) is 3.09. The zero-order valence-corrected chi connectivity index (χ0v) is 8.18. The van der Waals surface area contributed by atoms with Crippen molar-refractivity contribution in [2.45, 2.75) is 12.1 Å². The Balaban J connectivity index is 3.45. The molecular weight excluding hydrogens is 253 g/mol. The van der Waals surface area contributed by atoms with E-state index in [0.29, 0.717) is 4.68 Å². The Kier molecular flexibility index (Phi) is 2.77. The number of carbonyl (C=O) groups is 1. The fourth-order valence-electron chi connectivity index (χ4n) is 1.15. The van der Waals surface area contributed by atoms with Crippen molar-refractivity contribution >= 4 is 11.7 Å². The first-order chi connectivity index (χ1) is 7.50. The molecule has 17 heavy (non-hydrogen) atoms. The predicted molar refractivity (Wildman–Crippen MR) is 41.9 cm³/mol. The van der Waals surface area contributed by atoms with Gasteiger partial charge in [0.05, 0.1) is 11.7 Å². The van der Waals surface area contributed by atoms with E-state index >= 15 is 0 Å². The Bertz CT molecular complexity index is 465. The smallest absolute Gasteiger partial charge is 0.459 e. The van der Waals surface area contributed by atoms with Gasteiger partial charge < -0.3 is 15.6 Å². The number of nitrogen functional groups attached to an aromatic ring is 1. The second-order valence-corrected chi connectivity index (χ2v) is 3.09. The van der Waals surface area contributed by atoms with Crippen molar-refractivity contribution in [1.82, 2.24) is 9.78 Å². The number of carboxylic acids is 1. The summed E-state index contributed by atoms with van der Waals surface area (Å²) in [4.78, 5) is 10.5. The molecule has 5 nitrogen and oxygen atoms in total. The summed E-state index contributed by atoms with van der Waals surface area (Å²) in [6.07, 6.45) is -5.92. The lowest BCUT2D eigenvalue weighted by atomic mass is 10.2. The Morgan fingerprint density at radius 3 is 2.12 bits per heavy atom. The van der Waals surface area contributed by atoms with Crippen LogP contribution >= 0.6 is 0 Å². The van der Waals surface area contributed by atoms with Gasteiger partial charge >= 0.3 is 12.1 Å². The van der Waals surface area contributed by atoms with Crippen molar-refractivity contribution < 1.29 is 31.9 Å². The molecule has 0 amide bonds. The third kappa shape index (κ3) is 1.89. The number of aromatic carboxylic acids is 1. The average molecular weight is 258 g/mol. The molecule has 1 heterocycles. The Hall–Kier alpha value is -1.87. The number of halogens is 5. The summed E-state index contributed by atoms with van der Waals surface area (Å²) in [6.45, 7) is 0. The van der Waals surface area contributed by atoms with Crippen LogP contribution in [0.3, 0.4) is 0 Å². The highest BCUT2D eigenvalue weighted by Gasteiger charge is 2.61. The van der Waals surface area contributed by atoms with Gasteiger partial charge in [-0.2, -0.15) is 27.1 Å². The van der Waals surface area contributed by atoms with Gasteiger partial charge in [-0.25, -0.2) is 0 Å². The van der Waals surface area contributed by atoms with Crippen molar-refractivity contribution in [1.29, 1.82) is 0 Å². The van der Waals surface area contributed by atoms with E-state index in [4.69, 9.17) is 5.73 Å². The van der Waals surface area contributed by atoms with Crippen molar-refractivity contribution in [3.8, 4) is 0 Å². The van der Waals surface area contributed by atoms with Crippen molar-refractivity contribution in [3.05, 3.63) is 11.4 Å². The molecule has 2 N–H and O–H groups in total. The molecule has 10 heteroatoms. The summed E-state index contributed by atoms with van der Waals surface area (Å²) in [5.41, 5.74) is 0.742. The lowest BCUT2D eigenvalue weighted by Gasteiger charge is -2.17. The van der Waals surface area contributed by atoms with Crippen LogP contribution in [0.15, 0.2) is 0 Å². The maximum absolute atomic E-state index is 12.9. The molecule has 0 bridgehead atoms. The minimum absolute atomic E-state index is 0.291. The van der Waals surface area contributed by atoms with Gasteiger partial charge in [-0.15, -0.1) is 0 Å². The topological polar surface area (TPSA) is 84.0 Å². The minimum atomic E-state index is -5.92. The van der Waals surface area contributed by atoms with E-state index in [1.807, 2.05) is 0 Å². The quantitative estimate of drug-likeness (QED) is 0.758. The van der Waals surface area contributed by atoms with Crippen LogP contribution in [0.2, 0.25) is 0 Å². The summed E-state index contributed by atoms with van der Waals surface area (Å²) in [5, 5.41) is 13.2. The Morgan fingerprint density at radius 1 is 1.35 bits per heavy atom. The van der Waals surface area contributed by atoms with Crippen LogP contribution in [-0.2, 0) is 13.0 Å². The first-order valence-electron chi connectivity index (χ1n) is 3.99. The van der Waals surface area contributed by atoms with E-state index in [9.17, 15) is 31.9 Å². The summed E-state index contributed by atoms with van der Waals surface area (Å²) >= 11 is 0. The molecule has 0 fully saturated rings. The highest BCUT2D eigenvalue weighted by molar-refractivity contribution is 5.90. The van der Waals surface area contributed by atoms with Crippen LogP contribution in [0.4, 0.5) is 27.6 Å². The molecule has 1 rings (SSSR count). The molecule has 0 saturated heterocycles. The van der Waals surface area contributed by atoms with Crippen LogP contribution in [0.1, 0.15) is 16.2 Å². The third-order valence-electron chi connectivity index (χ3n) is 1.93. The van der Waals surface area contributed by atoms with Gasteiger partial charge in [-0.1, -0.05) is 0 Å². The zero-order valence-electron chi connectivity index (χ0n) is 8.18. The number of nitrogens with zero attached hydrogens (tertiary/aromatic N) is 2. The molecule has 0 aliphatic heterocycles. The fourth-order valence-corrected chi connectivity index (χ4v) is 1.15. The number of carboxylic acid groups (broad SMARTS) is 1. The van der Waals surface area contributed by atoms with E-state index in [-0.39, 0.29) is 0 Å². The van der Waals surface area contributed by atoms with Crippen LogP contribution in [0.5, 0.6) is 0 Å². The van der Waals surface area contributed by atoms with Crippen molar-refractivity contribution in [2.75, 3.05) is 5.73 Å². The molecule has 0 aliphatic carbocycles. The predicted octanol–water partition coefficient (Wildman–Crippen LogP) is 0.0199. The molecule has 0 spiro atoms. The van der Waals surface area contributed by atoms with E-state index in [2.05, 4.69) is 5.10 Å². The minimum Gasteiger partial charge on any atom is -0.543 e. The van der Waals surface area contributed by atoms with Gasteiger partial charge in [0.1, 0.15) is 5.69 Å². The Morgan fingerprint density at radius 2 is 1.82 bits per heavy atom. The molecule has 1 aromatic rings. The van der Waals surface area contributed by atoms with Gasteiger partial charge in [0.2, 0.25) is 0 Å². The van der Waals surface area contributed by atoms with Crippen LogP contribution in [-0.4, -0.2) is 21.9 Å². The second kappa shape index (κ2) is 3.57.